The summed E-state index contributed by atoms with van der Waals surface area (Å²) >= 11 is 1.67. The van der Waals surface area contributed by atoms with Crippen molar-refractivity contribution in [1.29, 1.82) is 0 Å². The number of hydrogen-bond acceptors (Lipinski definition) is 5. The van der Waals surface area contributed by atoms with Crippen molar-refractivity contribution in [3.8, 4) is 0 Å². The monoisotopic (exact) mass is 249 g/mol. The Kier molecular flexibility index (Phi) is 11.0. The first-order valence-corrected chi connectivity index (χ1v) is 7.10. The fourth-order valence-corrected chi connectivity index (χ4v) is 1.51. The quantitative estimate of drug-likeness (QED) is 0.469. The molecule has 1 atom stereocenters. The van der Waals surface area contributed by atoms with Gasteiger partial charge in [-0.25, -0.2) is 0 Å². The van der Waals surface area contributed by atoms with Crippen molar-refractivity contribution in [2.45, 2.75) is 32.2 Å². The van der Waals surface area contributed by atoms with Crippen LogP contribution in [0.2, 0.25) is 0 Å². The van der Waals surface area contributed by atoms with E-state index in [0.717, 1.165) is 25.2 Å². The van der Waals surface area contributed by atoms with Gasteiger partial charge in [0, 0.05) is 6.61 Å². The Bertz CT molecular complexity index is 179. The summed E-state index contributed by atoms with van der Waals surface area (Å²) in [4.78, 5) is 11.3. The smallest absolute Gasteiger partial charge is 0.323 e. The van der Waals surface area contributed by atoms with Gasteiger partial charge in [-0.2, -0.15) is 11.8 Å². The highest BCUT2D eigenvalue weighted by Crippen LogP contribution is 2.00. The minimum absolute atomic E-state index is 0.301. The maximum atomic E-state index is 11.3. The number of nitrogens with two attached hydrogens (primary N) is 1. The molecule has 0 unspecified atom stereocenters. The van der Waals surface area contributed by atoms with Gasteiger partial charge in [-0.1, -0.05) is 13.3 Å². The van der Waals surface area contributed by atoms with Gasteiger partial charge in [0.25, 0.3) is 0 Å². The Morgan fingerprint density at radius 1 is 1.38 bits per heavy atom. The zero-order valence-electron chi connectivity index (χ0n) is 10.2. The molecule has 0 spiro atoms. The van der Waals surface area contributed by atoms with Gasteiger partial charge < -0.3 is 15.2 Å². The third-order valence-electron chi connectivity index (χ3n) is 2.05. The molecule has 0 amide bonds. The van der Waals surface area contributed by atoms with Crippen molar-refractivity contribution >= 4 is 17.7 Å². The van der Waals surface area contributed by atoms with E-state index in [2.05, 4.69) is 6.92 Å². The molecular formula is C11H23NO3S. The van der Waals surface area contributed by atoms with Gasteiger partial charge in [0.15, 0.2) is 0 Å². The zero-order chi connectivity index (χ0) is 12.2. The molecule has 0 saturated carbocycles. The highest BCUT2D eigenvalue weighted by atomic mass is 32.2. The third-order valence-corrected chi connectivity index (χ3v) is 2.69. The summed E-state index contributed by atoms with van der Waals surface area (Å²) in [5.41, 5.74) is 5.64. The topological polar surface area (TPSA) is 61.5 Å². The lowest BCUT2D eigenvalue weighted by molar-refractivity contribution is -0.146. The van der Waals surface area contributed by atoms with Crippen molar-refractivity contribution < 1.29 is 14.3 Å². The maximum Gasteiger partial charge on any atom is 0.323 e. The first-order valence-electron chi connectivity index (χ1n) is 5.71. The van der Waals surface area contributed by atoms with Crippen LogP contribution in [0.4, 0.5) is 0 Å². The van der Waals surface area contributed by atoms with Gasteiger partial charge in [0.1, 0.15) is 12.6 Å². The van der Waals surface area contributed by atoms with Crippen molar-refractivity contribution in [2.24, 2.45) is 5.73 Å². The van der Waals surface area contributed by atoms with Crippen LogP contribution in [-0.2, 0) is 14.3 Å². The number of carbonyl (C=O) groups excluding carboxylic acids is 1. The van der Waals surface area contributed by atoms with Crippen molar-refractivity contribution in [3.63, 3.8) is 0 Å². The Morgan fingerprint density at radius 2 is 2.12 bits per heavy atom. The van der Waals surface area contributed by atoms with Gasteiger partial charge in [-0.05, 0) is 24.9 Å². The SMILES string of the molecule is CCCCOCCOC(=O)[C@@H](N)CCSC. The Morgan fingerprint density at radius 3 is 2.75 bits per heavy atom. The Hall–Kier alpha value is -0.260. The highest BCUT2D eigenvalue weighted by Gasteiger charge is 2.13. The molecule has 0 saturated heterocycles. The molecule has 0 bridgehead atoms. The van der Waals surface area contributed by atoms with E-state index in [4.69, 9.17) is 15.2 Å². The predicted octanol–water partition coefficient (Wildman–Crippen LogP) is 1.43. The van der Waals surface area contributed by atoms with Crippen LogP contribution in [0.5, 0.6) is 0 Å². The lowest BCUT2D eigenvalue weighted by Gasteiger charge is -2.10. The number of unbranched alkanes of at least 4 members (excludes halogenated alkanes) is 1. The lowest BCUT2D eigenvalue weighted by atomic mass is 10.2. The van der Waals surface area contributed by atoms with E-state index in [-0.39, 0.29) is 5.97 Å². The molecule has 0 aromatic rings. The summed E-state index contributed by atoms with van der Waals surface area (Å²) in [5, 5.41) is 0. The standard InChI is InChI=1S/C11H23NO3S/c1-3-4-6-14-7-8-15-11(13)10(12)5-9-16-2/h10H,3-9,12H2,1-2H3/t10-/m0/s1. The number of carbonyl (C=O) groups is 1. The molecular weight excluding hydrogens is 226 g/mol. The fraction of sp³-hybridized carbons (Fsp3) is 0.909. The highest BCUT2D eigenvalue weighted by molar-refractivity contribution is 7.98. The largest absolute Gasteiger partial charge is 0.462 e. The molecule has 0 aromatic heterocycles. The molecule has 0 aliphatic rings. The van der Waals surface area contributed by atoms with E-state index < -0.39 is 6.04 Å². The van der Waals surface area contributed by atoms with Crippen molar-refractivity contribution in [1.82, 2.24) is 0 Å². The third kappa shape index (κ3) is 9.00. The van der Waals surface area contributed by atoms with Gasteiger partial charge in [-0.3, -0.25) is 4.79 Å². The molecule has 0 heterocycles. The van der Waals surface area contributed by atoms with E-state index in [0.29, 0.717) is 19.6 Å². The maximum absolute atomic E-state index is 11.3. The number of hydrogen-bond donors (Lipinski definition) is 1. The molecule has 0 aromatic carbocycles. The molecule has 0 rings (SSSR count). The number of rotatable bonds is 10. The zero-order valence-corrected chi connectivity index (χ0v) is 11.1. The first-order chi connectivity index (χ1) is 7.72. The molecule has 2 N–H and O–H groups in total. The van der Waals surface area contributed by atoms with Crippen LogP contribution in [0.15, 0.2) is 0 Å². The summed E-state index contributed by atoms with van der Waals surface area (Å²) in [5.74, 6) is 0.552. The summed E-state index contributed by atoms with van der Waals surface area (Å²) in [6.45, 7) is 3.59. The molecule has 96 valence electrons. The van der Waals surface area contributed by atoms with Crippen molar-refractivity contribution in [3.05, 3.63) is 0 Å². The summed E-state index contributed by atoms with van der Waals surface area (Å²) in [6, 6.07) is -0.497. The predicted molar refractivity (Wildman–Crippen MR) is 67.7 cm³/mol. The molecule has 0 fully saturated rings. The summed E-state index contributed by atoms with van der Waals surface area (Å²) < 4.78 is 10.2. The second-order valence-electron chi connectivity index (χ2n) is 3.52. The molecule has 0 radical (unpaired) electrons. The molecule has 16 heavy (non-hydrogen) atoms. The van der Waals surface area contributed by atoms with Crippen LogP contribution in [0.1, 0.15) is 26.2 Å². The number of ether oxygens (including phenoxy) is 2. The van der Waals surface area contributed by atoms with Gasteiger partial charge in [-0.15, -0.1) is 0 Å². The molecule has 0 aliphatic carbocycles. The van der Waals surface area contributed by atoms with Gasteiger partial charge >= 0.3 is 5.97 Å². The number of thioether (sulfide) groups is 1. The lowest BCUT2D eigenvalue weighted by Crippen LogP contribution is -2.33. The van der Waals surface area contributed by atoms with Gasteiger partial charge in [0.05, 0.1) is 6.61 Å². The van der Waals surface area contributed by atoms with E-state index in [1.54, 1.807) is 11.8 Å². The van der Waals surface area contributed by atoms with Crippen LogP contribution in [0, 0.1) is 0 Å². The average Bonchev–Trinajstić information content (AvgIpc) is 2.30. The minimum Gasteiger partial charge on any atom is -0.462 e. The molecule has 0 aliphatic heterocycles. The van der Waals surface area contributed by atoms with E-state index in [9.17, 15) is 4.79 Å². The van der Waals surface area contributed by atoms with Crippen LogP contribution >= 0.6 is 11.8 Å². The normalized spacial score (nSPS) is 12.4. The molecule has 4 nitrogen and oxygen atoms in total. The van der Waals surface area contributed by atoms with Crippen LogP contribution < -0.4 is 5.73 Å². The first kappa shape index (κ1) is 15.7. The summed E-state index contributed by atoms with van der Waals surface area (Å²) in [7, 11) is 0. The second kappa shape index (κ2) is 11.2. The Balaban J connectivity index is 3.35. The number of esters is 1. The van der Waals surface area contributed by atoms with E-state index in [1.807, 2.05) is 6.26 Å². The Labute approximate surface area is 102 Å². The summed E-state index contributed by atoms with van der Waals surface area (Å²) in [6.07, 6.45) is 4.80. The van der Waals surface area contributed by atoms with Crippen LogP contribution in [0.25, 0.3) is 0 Å². The fourth-order valence-electron chi connectivity index (χ4n) is 1.02. The van der Waals surface area contributed by atoms with Gasteiger partial charge in [0.2, 0.25) is 0 Å². The average molecular weight is 249 g/mol. The van der Waals surface area contributed by atoms with E-state index >= 15 is 0 Å². The van der Waals surface area contributed by atoms with Crippen LogP contribution in [0.3, 0.4) is 0 Å². The second-order valence-corrected chi connectivity index (χ2v) is 4.51. The van der Waals surface area contributed by atoms with Crippen molar-refractivity contribution in [2.75, 3.05) is 31.8 Å². The van der Waals surface area contributed by atoms with E-state index in [1.165, 1.54) is 0 Å². The van der Waals surface area contributed by atoms with Crippen LogP contribution in [-0.4, -0.2) is 43.8 Å². The molecule has 5 heteroatoms. The minimum atomic E-state index is -0.497.